The summed E-state index contributed by atoms with van der Waals surface area (Å²) in [6, 6.07) is 12.0. The highest BCUT2D eigenvalue weighted by molar-refractivity contribution is 9.10. The van der Waals surface area contributed by atoms with E-state index in [1.165, 1.54) is 0 Å². The van der Waals surface area contributed by atoms with E-state index in [4.69, 9.17) is 0 Å². The van der Waals surface area contributed by atoms with Crippen LogP contribution in [0.3, 0.4) is 0 Å². The van der Waals surface area contributed by atoms with Gasteiger partial charge in [0.2, 0.25) is 0 Å². The van der Waals surface area contributed by atoms with Crippen molar-refractivity contribution >= 4 is 34.5 Å². The number of nitrogens with zero attached hydrogens (tertiary/aromatic N) is 3. The van der Waals surface area contributed by atoms with Crippen LogP contribution in [0, 0.1) is 0 Å². The van der Waals surface area contributed by atoms with Crippen molar-refractivity contribution < 1.29 is 9.90 Å². The molecule has 3 rings (SSSR count). The van der Waals surface area contributed by atoms with Crippen molar-refractivity contribution in [2.75, 3.05) is 32.7 Å². The average Bonchev–Trinajstić information content (AvgIpc) is 2.80. The number of thiol groups is 1. The van der Waals surface area contributed by atoms with Gasteiger partial charge in [-0.2, -0.15) is 0 Å². The molecule has 0 saturated carbocycles. The number of carbonyl (C=O) groups is 1. The molecule has 0 bridgehead atoms. The van der Waals surface area contributed by atoms with Gasteiger partial charge in [0.25, 0.3) is 5.91 Å². The molecule has 184 valence electrons. The molecule has 1 aliphatic rings. The molecule has 1 saturated heterocycles. The molecule has 1 heterocycles. The smallest absolute Gasteiger partial charge is 0.255 e. The van der Waals surface area contributed by atoms with Crippen LogP contribution in [0.25, 0.3) is 0 Å². The van der Waals surface area contributed by atoms with E-state index in [1.54, 1.807) is 6.07 Å². The van der Waals surface area contributed by atoms with E-state index in [0.29, 0.717) is 29.6 Å². The summed E-state index contributed by atoms with van der Waals surface area (Å²) in [5.41, 5.74) is 2.59. The molecule has 34 heavy (non-hydrogen) atoms. The van der Waals surface area contributed by atoms with Crippen LogP contribution in [-0.2, 0) is 0 Å². The lowest BCUT2D eigenvalue weighted by Gasteiger charge is -2.47. The van der Waals surface area contributed by atoms with Crippen LogP contribution >= 0.6 is 28.6 Å². The predicted molar refractivity (Wildman–Crippen MR) is 146 cm³/mol. The zero-order valence-corrected chi connectivity index (χ0v) is 23.0. The molecule has 0 aliphatic carbocycles. The second kappa shape index (κ2) is 11.8. The van der Waals surface area contributed by atoms with Crippen LogP contribution in [0.4, 0.5) is 0 Å². The zero-order valence-electron chi connectivity index (χ0n) is 20.5. The Bertz CT molecular complexity index is 1030. The molecule has 3 atom stereocenters. The molecule has 2 aromatic rings. The first-order chi connectivity index (χ1) is 16.2. The van der Waals surface area contributed by atoms with Crippen LogP contribution in [0.1, 0.15) is 55.2 Å². The van der Waals surface area contributed by atoms with Gasteiger partial charge in [0, 0.05) is 54.2 Å². The van der Waals surface area contributed by atoms with Gasteiger partial charge < -0.3 is 10.0 Å². The lowest BCUT2D eigenvalue weighted by molar-refractivity contribution is 0.0305. The number of phenols is 1. The molecule has 5 nitrogen and oxygen atoms in total. The van der Waals surface area contributed by atoms with E-state index in [0.717, 1.165) is 35.2 Å². The monoisotopic (exact) mass is 545 g/mol. The number of piperazine rings is 1. The van der Waals surface area contributed by atoms with E-state index >= 15 is 0 Å². The SMILES string of the molecule is C=CCN1C[C@H](C)N([C@H](c2cccc(O)c2)c2cc(Br)c(S)c(C(=O)N(CC)CC)c2)C[C@H]1C. The van der Waals surface area contributed by atoms with Crippen molar-refractivity contribution in [2.45, 2.75) is 50.7 Å². The molecule has 0 radical (unpaired) electrons. The van der Waals surface area contributed by atoms with E-state index in [-0.39, 0.29) is 23.7 Å². The third-order valence-electron chi connectivity index (χ3n) is 6.73. The van der Waals surface area contributed by atoms with Crippen LogP contribution < -0.4 is 0 Å². The molecule has 7 heteroatoms. The van der Waals surface area contributed by atoms with Crippen LogP contribution in [0.15, 0.2) is 58.4 Å². The van der Waals surface area contributed by atoms with Gasteiger partial charge >= 0.3 is 0 Å². The maximum atomic E-state index is 13.3. The Kier molecular flexibility index (Phi) is 9.27. The van der Waals surface area contributed by atoms with Crippen LogP contribution in [0.2, 0.25) is 0 Å². The number of benzene rings is 2. The van der Waals surface area contributed by atoms with Gasteiger partial charge in [0.1, 0.15) is 5.75 Å². The van der Waals surface area contributed by atoms with Crippen molar-refractivity contribution in [1.82, 2.24) is 14.7 Å². The minimum atomic E-state index is -0.121. The molecule has 0 aromatic heterocycles. The van der Waals surface area contributed by atoms with Crippen LogP contribution in [0.5, 0.6) is 5.75 Å². The highest BCUT2D eigenvalue weighted by atomic mass is 79.9. The first kappa shape index (κ1) is 26.8. The van der Waals surface area contributed by atoms with E-state index in [2.05, 4.69) is 64.9 Å². The predicted octanol–water partition coefficient (Wildman–Crippen LogP) is 5.60. The summed E-state index contributed by atoms with van der Waals surface area (Å²) in [5, 5.41) is 10.3. The van der Waals surface area contributed by atoms with Gasteiger partial charge in [-0.3, -0.25) is 14.6 Å². The fourth-order valence-electron chi connectivity index (χ4n) is 4.90. The topological polar surface area (TPSA) is 47.0 Å². The van der Waals surface area contributed by atoms with E-state index in [9.17, 15) is 9.90 Å². The molecule has 0 unspecified atom stereocenters. The van der Waals surface area contributed by atoms with Gasteiger partial charge in [0.15, 0.2) is 0 Å². The Balaban J connectivity index is 2.13. The summed E-state index contributed by atoms with van der Waals surface area (Å²) < 4.78 is 0.792. The van der Waals surface area contributed by atoms with E-state index in [1.807, 2.05) is 49.1 Å². The summed E-state index contributed by atoms with van der Waals surface area (Å²) >= 11 is 8.33. The first-order valence-electron chi connectivity index (χ1n) is 11.9. The molecular weight excluding hydrogens is 510 g/mol. The number of phenolic OH excluding ortho intramolecular Hbond substituents is 1. The Labute approximate surface area is 218 Å². The van der Waals surface area contributed by atoms with E-state index < -0.39 is 0 Å². The van der Waals surface area contributed by atoms with Gasteiger partial charge in [0.05, 0.1) is 11.6 Å². The minimum Gasteiger partial charge on any atom is -0.508 e. The van der Waals surface area contributed by atoms with Gasteiger partial charge in [-0.1, -0.05) is 18.2 Å². The Morgan fingerprint density at radius 1 is 1.21 bits per heavy atom. The Morgan fingerprint density at radius 2 is 1.91 bits per heavy atom. The maximum absolute atomic E-state index is 13.3. The van der Waals surface area contributed by atoms with Crippen molar-refractivity contribution in [3.8, 4) is 5.75 Å². The van der Waals surface area contributed by atoms with Crippen molar-refractivity contribution in [3.05, 3.63) is 70.2 Å². The highest BCUT2D eigenvalue weighted by Gasteiger charge is 2.35. The summed E-state index contributed by atoms with van der Waals surface area (Å²) in [5.74, 6) is 0.210. The first-order valence-corrected chi connectivity index (χ1v) is 13.2. The number of halogens is 1. The van der Waals surface area contributed by atoms with Gasteiger partial charge in [-0.25, -0.2) is 0 Å². The Hall–Kier alpha value is -1.80. The number of aromatic hydroxyl groups is 1. The molecular formula is C27H36BrN3O2S. The fourth-order valence-corrected chi connectivity index (χ4v) is 5.60. The highest BCUT2D eigenvalue weighted by Crippen LogP contribution is 2.38. The fraction of sp³-hybridized carbons (Fsp3) is 0.444. The van der Waals surface area contributed by atoms with Crippen molar-refractivity contribution in [3.63, 3.8) is 0 Å². The normalized spacial score (nSPS) is 20.2. The summed E-state index contributed by atoms with van der Waals surface area (Å²) in [4.78, 5) is 20.7. The molecule has 1 N–H and O–H groups in total. The van der Waals surface area contributed by atoms with Crippen LogP contribution in [-0.4, -0.2) is 70.5 Å². The lowest BCUT2D eigenvalue weighted by atomic mass is 9.92. The van der Waals surface area contributed by atoms with Crippen molar-refractivity contribution in [1.29, 1.82) is 0 Å². The lowest BCUT2D eigenvalue weighted by Crippen LogP contribution is -2.57. The number of rotatable bonds is 8. The summed E-state index contributed by atoms with van der Waals surface area (Å²) in [7, 11) is 0. The van der Waals surface area contributed by atoms with Gasteiger partial charge in [-0.15, -0.1) is 19.2 Å². The third-order valence-corrected chi connectivity index (χ3v) is 8.14. The molecule has 1 amide bonds. The largest absolute Gasteiger partial charge is 0.508 e. The second-order valence-electron chi connectivity index (χ2n) is 9.01. The molecule has 1 fully saturated rings. The maximum Gasteiger partial charge on any atom is 0.255 e. The quantitative estimate of drug-likeness (QED) is 0.335. The number of hydrogen-bond acceptors (Lipinski definition) is 5. The number of carbonyl (C=O) groups excluding carboxylic acids is 1. The summed E-state index contributed by atoms with van der Waals surface area (Å²) in [6.45, 7) is 16.3. The second-order valence-corrected chi connectivity index (χ2v) is 10.3. The zero-order chi connectivity index (χ0) is 25.0. The molecule has 0 spiro atoms. The molecule has 1 aliphatic heterocycles. The third kappa shape index (κ3) is 5.70. The Morgan fingerprint density at radius 3 is 2.53 bits per heavy atom. The summed E-state index contributed by atoms with van der Waals surface area (Å²) in [6.07, 6.45) is 1.96. The number of hydrogen-bond donors (Lipinski definition) is 2. The average molecular weight is 547 g/mol. The minimum absolute atomic E-state index is 0.0237. The van der Waals surface area contributed by atoms with Gasteiger partial charge in [-0.05, 0) is 79.0 Å². The van der Waals surface area contributed by atoms with Crippen molar-refractivity contribution in [2.24, 2.45) is 0 Å². The standard InChI is InChI=1S/C27H36BrN3O2S/c1-6-12-30-16-19(5)31(17-18(30)4)25(20-10-9-11-22(32)13-20)21-14-23(26(34)24(28)15-21)27(33)29(7-2)8-3/h6,9-11,13-15,18-19,25,32,34H,1,7-8,12,16-17H2,2-5H3/t18-,19+,25-/m1/s1. The molecule has 2 aromatic carbocycles. The number of amides is 1.